The highest BCUT2D eigenvalue weighted by Crippen LogP contribution is 2.39. The van der Waals surface area contributed by atoms with Crippen molar-refractivity contribution in [3.8, 4) is 28.7 Å². The van der Waals surface area contributed by atoms with Gasteiger partial charge >= 0.3 is 6.18 Å². The van der Waals surface area contributed by atoms with Gasteiger partial charge in [-0.15, -0.1) is 0 Å². The molecule has 3 aliphatic rings. The summed E-state index contributed by atoms with van der Waals surface area (Å²) in [4.78, 5) is 55.9. The summed E-state index contributed by atoms with van der Waals surface area (Å²) in [5, 5.41) is 21.3. The molecule has 115 heavy (non-hydrogen) atoms. The molecule has 0 aliphatic carbocycles. The number of hydrogen-bond acceptors (Lipinski definition) is 15. The highest BCUT2D eigenvalue weighted by molar-refractivity contribution is 5.94. The molecule has 3 aliphatic heterocycles. The predicted octanol–water partition coefficient (Wildman–Crippen LogP) is 17.2. The van der Waals surface area contributed by atoms with Gasteiger partial charge in [0.2, 0.25) is 23.6 Å². The van der Waals surface area contributed by atoms with Gasteiger partial charge in [0.05, 0.1) is 38.1 Å². The smallest absolute Gasteiger partial charge is 0.416 e. The summed E-state index contributed by atoms with van der Waals surface area (Å²) in [6, 6.07) is 53.1. The molecule has 4 amide bonds. The molecule has 0 saturated carbocycles. The summed E-state index contributed by atoms with van der Waals surface area (Å²) in [7, 11) is 9.37. The van der Waals surface area contributed by atoms with Crippen LogP contribution in [-0.2, 0) is 78.4 Å². The Morgan fingerprint density at radius 1 is 0.530 bits per heavy atom. The summed E-state index contributed by atoms with van der Waals surface area (Å²) in [6.45, 7) is 28.4. The number of aliphatic hydroxyl groups is 1. The number of methoxy groups -OCH3 is 2. The zero-order valence-corrected chi connectivity index (χ0v) is 70.1. The lowest BCUT2D eigenvalue weighted by Gasteiger charge is -2.38. The second-order valence-corrected chi connectivity index (χ2v) is 33.3. The summed E-state index contributed by atoms with van der Waals surface area (Å²) in [5.74, 6) is 3.43. The van der Waals surface area contributed by atoms with Crippen LogP contribution in [0.4, 0.5) is 47.3 Å². The van der Waals surface area contributed by atoms with Crippen LogP contribution in [0.2, 0.25) is 0 Å². The van der Waals surface area contributed by atoms with E-state index in [2.05, 4.69) is 204 Å². The Labute approximate surface area is 679 Å². The van der Waals surface area contributed by atoms with Gasteiger partial charge in [-0.1, -0.05) is 153 Å². The Kier molecular flexibility index (Phi) is 33.0. The fourth-order valence-corrected chi connectivity index (χ4v) is 13.4. The molecule has 620 valence electrons. The van der Waals surface area contributed by atoms with Crippen LogP contribution in [0, 0.1) is 5.92 Å². The average Bonchev–Trinajstić information content (AvgIpc) is 0.771. The first-order valence-corrected chi connectivity index (χ1v) is 39.7. The van der Waals surface area contributed by atoms with Crippen molar-refractivity contribution in [2.45, 2.75) is 175 Å². The number of halogens is 3. The van der Waals surface area contributed by atoms with Gasteiger partial charge in [0.1, 0.15) is 31.2 Å². The molecule has 0 spiro atoms. The van der Waals surface area contributed by atoms with Crippen molar-refractivity contribution >= 4 is 57.8 Å². The molecule has 3 atom stereocenters. The largest absolute Gasteiger partial charge is 0.493 e. The van der Waals surface area contributed by atoms with E-state index in [0.29, 0.717) is 99.2 Å². The van der Waals surface area contributed by atoms with Crippen molar-refractivity contribution < 1.29 is 65.9 Å². The molecule has 0 radical (unpaired) electrons. The first kappa shape index (κ1) is 90.4. The molecule has 8 aromatic rings. The zero-order valence-electron chi connectivity index (χ0n) is 70.1. The quantitative estimate of drug-likeness (QED) is 0.0296. The molecule has 0 fully saturated rings. The van der Waals surface area contributed by atoms with Crippen LogP contribution in [0.1, 0.15) is 152 Å². The number of amides is 4. The number of anilines is 6. The van der Waals surface area contributed by atoms with Crippen LogP contribution in [0.5, 0.6) is 28.7 Å². The molecule has 7 N–H and O–H groups in total. The van der Waals surface area contributed by atoms with Gasteiger partial charge in [0.25, 0.3) is 0 Å². The van der Waals surface area contributed by atoms with Gasteiger partial charge in [-0.05, 0) is 188 Å². The van der Waals surface area contributed by atoms with E-state index in [4.69, 9.17) is 34.2 Å². The molecule has 3 heterocycles. The Morgan fingerprint density at radius 2 is 0.948 bits per heavy atom. The van der Waals surface area contributed by atoms with Crippen LogP contribution in [0.3, 0.4) is 0 Å². The number of nitrogens with one attached hydrogen (secondary N) is 4. The lowest BCUT2D eigenvalue weighted by atomic mass is 9.86. The Bertz CT molecular complexity index is 4440. The lowest BCUT2D eigenvalue weighted by Crippen LogP contribution is -2.45. The molecular formula is C93H121F3N8O11. The molecule has 2 unspecified atom stereocenters. The number of carbonyl (C=O) groups excluding carboxylic acids is 4. The van der Waals surface area contributed by atoms with E-state index >= 15 is 0 Å². The topological polar surface area (TPSA) is 228 Å². The third kappa shape index (κ3) is 28.7. The van der Waals surface area contributed by atoms with E-state index < -0.39 is 11.7 Å². The van der Waals surface area contributed by atoms with E-state index in [-0.39, 0.29) is 71.2 Å². The van der Waals surface area contributed by atoms with E-state index in [1.165, 1.54) is 58.3 Å². The number of carbonyl (C=O) groups is 4. The highest BCUT2D eigenvalue weighted by atomic mass is 19.4. The highest BCUT2D eigenvalue weighted by Gasteiger charge is 2.31. The number of hydrogen-bond donors (Lipinski definition) is 6. The first-order valence-electron chi connectivity index (χ1n) is 39.7. The van der Waals surface area contributed by atoms with Gasteiger partial charge < -0.3 is 75.2 Å². The van der Waals surface area contributed by atoms with Crippen LogP contribution in [-0.4, -0.2) is 140 Å². The third-order valence-electron chi connectivity index (χ3n) is 19.9. The average molecular weight is 1580 g/mol. The zero-order chi connectivity index (χ0) is 83.8. The molecule has 0 aromatic heterocycles. The minimum Gasteiger partial charge on any atom is -0.493 e. The molecule has 8 aromatic carbocycles. The van der Waals surface area contributed by atoms with Crippen molar-refractivity contribution in [2.24, 2.45) is 11.7 Å². The van der Waals surface area contributed by atoms with Gasteiger partial charge in [0, 0.05) is 112 Å². The SMILES string of the molecule is CC(C)N1CC(CO)Oc2ccc(NC(=O)CCc3ccc(C(C)(C)C)cc3)cc21.CN(C)C[C@@H]1COc2cc(NC(=O)CCc3ccc(C(C)(C)C)cc3)ccc2O1.COCC1Cc2ccc(NC(=O)CCc3ccc(C(C)(C)C)cc3)cc2N(C)C1.COc1cc(NC(=O)CCc2ccc(C(F)(F)F)cc2)ccc1OCCN. The predicted molar refractivity (Wildman–Crippen MR) is 456 cm³/mol. The molecule has 19 nitrogen and oxygen atoms in total. The van der Waals surface area contributed by atoms with Crippen molar-refractivity contribution in [3.05, 3.63) is 220 Å². The first-order chi connectivity index (χ1) is 54.5. The number of nitrogens with two attached hydrogens (primary N) is 1. The summed E-state index contributed by atoms with van der Waals surface area (Å²) >= 11 is 0. The Morgan fingerprint density at radius 3 is 1.37 bits per heavy atom. The number of rotatable bonds is 26. The van der Waals surface area contributed by atoms with E-state index in [0.717, 1.165) is 84.5 Å². The summed E-state index contributed by atoms with van der Waals surface area (Å²) < 4.78 is 71.3. The second-order valence-electron chi connectivity index (χ2n) is 33.3. The van der Waals surface area contributed by atoms with Gasteiger partial charge in [-0.2, -0.15) is 13.2 Å². The normalized spacial score (nSPS) is 15.0. The maximum atomic E-state index is 12.5. The van der Waals surface area contributed by atoms with E-state index in [9.17, 15) is 37.5 Å². The van der Waals surface area contributed by atoms with E-state index in [1.807, 2.05) is 56.6 Å². The molecular weight excluding hydrogens is 1460 g/mol. The number of ether oxygens (including phenoxy) is 6. The number of benzene rings is 8. The van der Waals surface area contributed by atoms with Crippen molar-refractivity contribution in [2.75, 3.05) is 119 Å². The number of nitrogens with zero attached hydrogens (tertiary/aromatic N) is 3. The number of aliphatic hydroxyl groups excluding tert-OH is 1. The number of alkyl halides is 3. The van der Waals surface area contributed by atoms with Crippen LogP contribution >= 0.6 is 0 Å². The van der Waals surface area contributed by atoms with Crippen molar-refractivity contribution in [3.63, 3.8) is 0 Å². The summed E-state index contributed by atoms with van der Waals surface area (Å²) in [6.07, 6.45) is 0.439. The molecule has 0 saturated heterocycles. The standard InChI is InChI=1S/C25H34N2O3.C25H34N2O2.C24H32N2O3.C19H21F3N2O3/c1-17(2)27-15-21(16-28)30-23-12-11-20(14-22(23)27)26-24(29)13-8-18-6-9-19(10-7-18)25(3,4)5;1-25(2,3)21-10-6-18(7-11-21)8-13-24(28)26-22-12-9-20-14-19(17-29-5)16-27(4)23(20)15-22;1-24(2,3)18-9-6-17(7-10-18)8-13-23(27)25-19-11-12-21-22(14-19)28-16-20(29-21)15-26(4)5;1-26-17-12-15(7-8-16(17)27-11-10-23)24-18(25)9-4-13-2-5-14(6-3-13)19(20,21)22/h6-7,9-12,14,17,21,28H,8,13,15-16H2,1-5H3,(H,26,29);6-7,9-12,15,19H,8,13-14,16-17H2,1-5H3,(H,26,28);6-7,9-12,14,20H,8,13,15-16H2,1-5H3,(H,25,27);2-3,5-8,12H,4,9-11,23H2,1H3,(H,24,25)/t;;20-;/m..1./s1. The lowest BCUT2D eigenvalue weighted by molar-refractivity contribution is -0.137. The monoisotopic (exact) mass is 1580 g/mol. The second kappa shape index (κ2) is 42.0. The maximum Gasteiger partial charge on any atom is 0.416 e. The minimum atomic E-state index is -4.37. The Hall–Kier alpha value is -10.1. The Balaban J connectivity index is 0.000000192. The summed E-state index contributed by atoms with van der Waals surface area (Å²) in [5.41, 5.74) is 19.6. The molecule has 11 rings (SSSR count). The van der Waals surface area contributed by atoms with Gasteiger partial charge in [0.15, 0.2) is 23.0 Å². The van der Waals surface area contributed by atoms with Crippen LogP contribution in [0.25, 0.3) is 0 Å². The maximum absolute atomic E-state index is 12.5. The molecule has 0 bridgehead atoms. The minimum absolute atomic E-state index is 0.00379. The molecule has 22 heteroatoms. The van der Waals surface area contributed by atoms with E-state index in [1.54, 1.807) is 25.3 Å². The number of aryl methyl sites for hydroxylation is 4. The van der Waals surface area contributed by atoms with Crippen molar-refractivity contribution in [1.29, 1.82) is 0 Å². The fourth-order valence-electron chi connectivity index (χ4n) is 13.4. The van der Waals surface area contributed by atoms with Gasteiger partial charge in [-0.3, -0.25) is 19.2 Å². The van der Waals surface area contributed by atoms with Crippen molar-refractivity contribution in [1.82, 2.24) is 4.90 Å². The number of fused-ring (bicyclic) bond motifs is 3. The van der Waals surface area contributed by atoms with Gasteiger partial charge in [-0.25, -0.2) is 0 Å². The number of likely N-dealkylation sites (N-methyl/N-ethyl adjacent to an activating group) is 1. The van der Waals surface area contributed by atoms with Crippen LogP contribution < -0.4 is 60.5 Å². The van der Waals surface area contributed by atoms with Crippen LogP contribution in [0.15, 0.2) is 170 Å². The third-order valence-corrected chi connectivity index (χ3v) is 19.9. The fraction of sp³-hybridized carbons (Fsp3) is 0.441.